The first kappa shape index (κ1) is 20.2. The summed E-state index contributed by atoms with van der Waals surface area (Å²) < 4.78 is 5.71. The van der Waals surface area contributed by atoms with E-state index in [1.807, 2.05) is 38.2 Å². The second kappa shape index (κ2) is 10.8. The molecule has 1 saturated carbocycles. The van der Waals surface area contributed by atoms with E-state index in [9.17, 15) is 4.79 Å². The summed E-state index contributed by atoms with van der Waals surface area (Å²) in [7, 11) is 2.03. The fraction of sp³-hybridized carbons (Fsp3) is 0.600. The van der Waals surface area contributed by atoms with Crippen molar-refractivity contribution in [3.05, 3.63) is 35.4 Å². The molecule has 2 N–H and O–H groups in total. The summed E-state index contributed by atoms with van der Waals surface area (Å²) in [5, 5.41) is 6.12. The number of ether oxygens (including phenoxy) is 1. The van der Waals surface area contributed by atoms with Gasteiger partial charge in [0.05, 0.1) is 13.2 Å². The second-order valence-corrected chi connectivity index (χ2v) is 6.67. The highest BCUT2D eigenvalue weighted by Gasteiger charge is 2.21. The zero-order valence-corrected chi connectivity index (χ0v) is 16.3. The minimum Gasteiger partial charge on any atom is -0.379 e. The van der Waals surface area contributed by atoms with Gasteiger partial charge in [-0.15, -0.1) is 0 Å². The number of nitrogens with zero attached hydrogens (tertiary/aromatic N) is 2. The molecule has 1 amide bonds. The molecular weight excluding hydrogens is 328 g/mol. The average molecular weight is 361 g/mol. The Morgan fingerprint density at radius 3 is 2.50 bits per heavy atom. The van der Waals surface area contributed by atoms with E-state index in [0.717, 1.165) is 43.7 Å². The SMILES string of the molecule is CCNC(=O)c1ccc(CN=C(NCC)N(C)CCOCC2CC2)cc1. The van der Waals surface area contributed by atoms with Gasteiger partial charge in [0.1, 0.15) is 0 Å². The van der Waals surface area contributed by atoms with Crippen molar-refractivity contribution in [1.82, 2.24) is 15.5 Å². The van der Waals surface area contributed by atoms with Crippen LogP contribution < -0.4 is 10.6 Å². The third-order valence-electron chi connectivity index (χ3n) is 4.28. The first-order valence-electron chi connectivity index (χ1n) is 9.58. The van der Waals surface area contributed by atoms with Crippen molar-refractivity contribution in [2.24, 2.45) is 10.9 Å². The molecule has 0 spiro atoms. The molecular formula is C20H32N4O2. The number of hydrogen-bond donors (Lipinski definition) is 2. The van der Waals surface area contributed by atoms with E-state index in [1.54, 1.807) is 0 Å². The van der Waals surface area contributed by atoms with E-state index in [1.165, 1.54) is 12.8 Å². The van der Waals surface area contributed by atoms with Crippen LogP contribution in [0.2, 0.25) is 0 Å². The van der Waals surface area contributed by atoms with Crippen molar-refractivity contribution in [2.75, 3.05) is 39.9 Å². The highest BCUT2D eigenvalue weighted by molar-refractivity contribution is 5.94. The number of carbonyl (C=O) groups excluding carboxylic acids is 1. The fourth-order valence-electron chi connectivity index (χ4n) is 2.50. The highest BCUT2D eigenvalue weighted by Crippen LogP contribution is 2.28. The van der Waals surface area contributed by atoms with E-state index in [2.05, 4.69) is 22.5 Å². The summed E-state index contributed by atoms with van der Waals surface area (Å²) in [5.41, 5.74) is 1.75. The number of nitrogens with one attached hydrogen (secondary N) is 2. The molecule has 0 unspecified atom stereocenters. The van der Waals surface area contributed by atoms with Gasteiger partial charge in [-0.05, 0) is 50.3 Å². The van der Waals surface area contributed by atoms with E-state index in [4.69, 9.17) is 9.73 Å². The predicted molar refractivity (Wildman–Crippen MR) is 105 cm³/mol. The van der Waals surface area contributed by atoms with Crippen LogP contribution in [0.4, 0.5) is 0 Å². The van der Waals surface area contributed by atoms with Gasteiger partial charge in [-0.25, -0.2) is 4.99 Å². The molecule has 26 heavy (non-hydrogen) atoms. The van der Waals surface area contributed by atoms with Crippen LogP contribution >= 0.6 is 0 Å². The van der Waals surface area contributed by atoms with Gasteiger partial charge < -0.3 is 20.3 Å². The molecule has 2 rings (SSSR count). The Morgan fingerprint density at radius 2 is 1.88 bits per heavy atom. The molecule has 0 saturated heterocycles. The van der Waals surface area contributed by atoms with Crippen molar-refractivity contribution in [1.29, 1.82) is 0 Å². The Labute approximate surface area is 157 Å². The second-order valence-electron chi connectivity index (χ2n) is 6.67. The molecule has 1 aliphatic rings. The smallest absolute Gasteiger partial charge is 0.251 e. The lowest BCUT2D eigenvalue weighted by Crippen LogP contribution is -2.40. The van der Waals surface area contributed by atoms with Crippen LogP contribution in [0.25, 0.3) is 0 Å². The third-order valence-corrected chi connectivity index (χ3v) is 4.28. The lowest BCUT2D eigenvalue weighted by molar-refractivity contribution is 0.0956. The quantitative estimate of drug-likeness (QED) is 0.382. The van der Waals surface area contributed by atoms with Crippen LogP contribution in [0.3, 0.4) is 0 Å². The number of rotatable bonds is 10. The van der Waals surface area contributed by atoms with Gasteiger partial charge in [0.2, 0.25) is 0 Å². The van der Waals surface area contributed by atoms with Crippen LogP contribution in [-0.2, 0) is 11.3 Å². The Balaban J connectivity index is 1.84. The van der Waals surface area contributed by atoms with E-state index in [0.29, 0.717) is 18.7 Å². The number of guanidine groups is 1. The zero-order valence-electron chi connectivity index (χ0n) is 16.3. The Bertz CT molecular complexity index is 582. The molecule has 6 heteroatoms. The number of hydrogen-bond acceptors (Lipinski definition) is 3. The Morgan fingerprint density at radius 1 is 1.19 bits per heavy atom. The van der Waals surface area contributed by atoms with Gasteiger partial charge in [-0.2, -0.15) is 0 Å². The standard InChI is InChI=1S/C20H32N4O2/c1-4-21-19(25)18-10-8-16(9-11-18)14-23-20(22-5-2)24(3)12-13-26-15-17-6-7-17/h8-11,17H,4-7,12-15H2,1-3H3,(H,21,25)(H,22,23). The summed E-state index contributed by atoms with van der Waals surface area (Å²) in [4.78, 5) is 18.6. The normalized spacial score (nSPS) is 14.2. The van der Waals surface area contributed by atoms with Gasteiger partial charge in [0.15, 0.2) is 5.96 Å². The van der Waals surface area contributed by atoms with E-state index in [-0.39, 0.29) is 5.91 Å². The minimum atomic E-state index is -0.0400. The van der Waals surface area contributed by atoms with Gasteiger partial charge >= 0.3 is 0 Å². The van der Waals surface area contributed by atoms with Crippen molar-refractivity contribution < 1.29 is 9.53 Å². The summed E-state index contributed by atoms with van der Waals surface area (Å²) in [6, 6.07) is 7.60. The lowest BCUT2D eigenvalue weighted by atomic mass is 10.1. The van der Waals surface area contributed by atoms with Gasteiger partial charge in [0.25, 0.3) is 5.91 Å². The maximum absolute atomic E-state index is 11.8. The number of likely N-dealkylation sites (N-methyl/N-ethyl adjacent to an activating group) is 1. The molecule has 0 bridgehead atoms. The van der Waals surface area contributed by atoms with Crippen LogP contribution in [0.1, 0.15) is 42.6 Å². The molecule has 0 aliphatic heterocycles. The molecule has 1 aliphatic carbocycles. The van der Waals surface area contributed by atoms with Gasteiger partial charge in [-0.1, -0.05) is 12.1 Å². The van der Waals surface area contributed by atoms with Crippen LogP contribution in [0.15, 0.2) is 29.3 Å². The average Bonchev–Trinajstić information content (AvgIpc) is 3.47. The highest BCUT2D eigenvalue weighted by atomic mass is 16.5. The van der Waals surface area contributed by atoms with E-state index < -0.39 is 0 Å². The van der Waals surface area contributed by atoms with Crippen LogP contribution in [0, 0.1) is 5.92 Å². The molecule has 0 heterocycles. The van der Waals surface area contributed by atoms with Gasteiger partial charge in [-0.3, -0.25) is 4.79 Å². The first-order chi connectivity index (χ1) is 12.6. The molecule has 0 radical (unpaired) electrons. The first-order valence-corrected chi connectivity index (χ1v) is 9.58. The molecule has 1 aromatic rings. The molecule has 1 aromatic carbocycles. The summed E-state index contributed by atoms with van der Waals surface area (Å²) in [5.74, 6) is 1.63. The number of amides is 1. The lowest BCUT2D eigenvalue weighted by Gasteiger charge is -2.22. The number of carbonyl (C=O) groups is 1. The zero-order chi connectivity index (χ0) is 18.8. The predicted octanol–water partition coefficient (Wildman–Crippen LogP) is 2.26. The number of aliphatic imine (C=N–C) groups is 1. The molecule has 6 nitrogen and oxygen atoms in total. The summed E-state index contributed by atoms with van der Waals surface area (Å²) in [6.07, 6.45) is 2.64. The van der Waals surface area contributed by atoms with Gasteiger partial charge in [0, 0.05) is 38.9 Å². The van der Waals surface area contributed by atoms with E-state index >= 15 is 0 Å². The Hall–Kier alpha value is -2.08. The molecule has 1 fully saturated rings. The number of benzene rings is 1. The molecule has 0 atom stereocenters. The topological polar surface area (TPSA) is 66.0 Å². The summed E-state index contributed by atoms with van der Waals surface area (Å²) >= 11 is 0. The van der Waals surface area contributed by atoms with Crippen molar-refractivity contribution in [3.63, 3.8) is 0 Å². The van der Waals surface area contributed by atoms with Crippen molar-refractivity contribution in [2.45, 2.75) is 33.2 Å². The molecule has 0 aromatic heterocycles. The van der Waals surface area contributed by atoms with Crippen molar-refractivity contribution >= 4 is 11.9 Å². The van der Waals surface area contributed by atoms with Crippen LogP contribution in [-0.4, -0.2) is 56.7 Å². The largest absolute Gasteiger partial charge is 0.379 e. The van der Waals surface area contributed by atoms with Crippen LogP contribution in [0.5, 0.6) is 0 Å². The maximum atomic E-state index is 11.8. The minimum absolute atomic E-state index is 0.0400. The monoisotopic (exact) mass is 360 g/mol. The third kappa shape index (κ3) is 7.04. The Kier molecular flexibility index (Phi) is 8.41. The van der Waals surface area contributed by atoms with Crippen molar-refractivity contribution in [3.8, 4) is 0 Å². The molecule has 144 valence electrons. The fourth-order valence-corrected chi connectivity index (χ4v) is 2.50. The maximum Gasteiger partial charge on any atom is 0.251 e. The summed E-state index contributed by atoms with van der Waals surface area (Å²) in [6.45, 7) is 8.43.